The Labute approximate surface area is 139 Å². The van der Waals surface area contributed by atoms with Crippen molar-refractivity contribution in [2.24, 2.45) is 5.92 Å². The fourth-order valence-corrected chi connectivity index (χ4v) is 3.88. The van der Waals surface area contributed by atoms with E-state index < -0.39 is 0 Å². The molecule has 2 fully saturated rings. The average Bonchev–Trinajstić information content (AvgIpc) is 2.57. The molecule has 1 aromatic heterocycles. The van der Waals surface area contributed by atoms with Crippen LogP contribution in [0.15, 0.2) is 18.3 Å². The van der Waals surface area contributed by atoms with Crippen LogP contribution in [0.25, 0.3) is 0 Å². The molecule has 0 unspecified atom stereocenters. The van der Waals surface area contributed by atoms with Crippen LogP contribution >= 0.6 is 0 Å². The first kappa shape index (κ1) is 16.3. The molecule has 0 aromatic carbocycles. The second-order valence-electron chi connectivity index (χ2n) is 7.43. The molecular formula is C19H29N3O. The highest BCUT2D eigenvalue weighted by molar-refractivity contribution is 5.95. The second kappa shape index (κ2) is 6.90. The quantitative estimate of drug-likeness (QED) is 0.834. The number of pyridine rings is 1. The predicted molar refractivity (Wildman–Crippen MR) is 93.8 cm³/mol. The SMILES string of the molecule is C[C@@H]1CC[C@H](C)N(C(=O)c2ccnc(N3CCCC[C@H]3C)c2)C1. The Morgan fingerprint density at radius 2 is 1.96 bits per heavy atom. The van der Waals surface area contributed by atoms with Crippen molar-refractivity contribution in [3.8, 4) is 0 Å². The van der Waals surface area contributed by atoms with Crippen molar-refractivity contribution in [1.29, 1.82) is 0 Å². The molecule has 0 radical (unpaired) electrons. The van der Waals surface area contributed by atoms with E-state index in [9.17, 15) is 4.79 Å². The lowest BCUT2D eigenvalue weighted by molar-refractivity contribution is 0.0574. The predicted octanol–water partition coefficient (Wildman–Crippen LogP) is 3.72. The largest absolute Gasteiger partial charge is 0.354 e. The van der Waals surface area contributed by atoms with E-state index in [-0.39, 0.29) is 5.91 Å². The number of anilines is 1. The summed E-state index contributed by atoms with van der Waals surface area (Å²) in [5.41, 5.74) is 0.786. The van der Waals surface area contributed by atoms with Gasteiger partial charge in [-0.1, -0.05) is 6.92 Å². The Balaban J connectivity index is 1.80. The number of nitrogens with zero attached hydrogens (tertiary/aromatic N) is 3. The molecule has 4 nitrogen and oxygen atoms in total. The van der Waals surface area contributed by atoms with E-state index in [1.54, 1.807) is 6.20 Å². The van der Waals surface area contributed by atoms with E-state index in [4.69, 9.17) is 0 Å². The van der Waals surface area contributed by atoms with E-state index in [0.717, 1.165) is 30.9 Å². The lowest BCUT2D eigenvalue weighted by atomic mass is 9.94. The smallest absolute Gasteiger partial charge is 0.254 e. The Bertz CT molecular complexity index is 559. The van der Waals surface area contributed by atoms with Gasteiger partial charge in [0.15, 0.2) is 0 Å². The standard InChI is InChI=1S/C19H29N3O/c1-14-7-8-16(3)22(13-14)19(23)17-9-10-20-18(12-17)21-11-5-4-6-15(21)2/h9-10,12,14-16H,4-8,11,13H2,1-3H3/t14-,15-,16+/m1/s1. The molecule has 0 bridgehead atoms. The minimum absolute atomic E-state index is 0.164. The van der Waals surface area contributed by atoms with Crippen molar-refractivity contribution in [3.05, 3.63) is 23.9 Å². The molecule has 126 valence electrons. The summed E-state index contributed by atoms with van der Waals surface area (Å²) in [5, 5.41) is 0. The zero-order valence-electron chi connectivity index (χ0n) is 14.7. The second-order valence-corrected chi connectivity index (χ2v) is 7.43. The molecule has 1 amide bonds. The fourth-order valence-electron chi connectivity index (χ4n) is 3.88. The molecule has 2 saturated heterocycles. The number of carbonyl (C=O) groups is 1. The van der Waals surface area contributed by atoms with Crippen LogP contribution in [0.4, 0.5) is 5.82 Å². The van der Waals surface area contributed by atoms with Crippen LogP contribution in [-0.4, -0.2) is 41.0 Å². The van der Waals surface area contributed by atoms with Gasteiger partial charge in [0.05, 0.1) is 0 Å². The molecule has 2 aliphatic rings. The van der Waals surface area contributed by atoms with Crippen molar-refractivity contribution in [1.82, 2.24) is 9.88 Å². The van der Waals surface area contributed by atoms with Gasteiger partial charge < -0.3 is 9.80 Å². The number of carbonyl (C=O) groups excluding carboxylic acids is 1. The first-order valence-electron chi connectivity index (χ1n) is 9.10. The van der Waals surface area contributed by atoms with Gasteiger partial charge in [-0.3, -0.25) is 4.79 Å². The maximum Gasteiger partial charge on any atom is 0.254 e. The summed E-state index contributed by atoms with van der Waals surface area (Å²) in [5.74, 6) is 1.72. The van der Waals surface area contributed by atoms with Gasteiger partial charge in [-0.05, 0) is 64.0 Å². The molecule has 3 rings (SSSR count). The molecule has 4 heteroatoms. The maximum absolute atomic E-state index is 13.0. The Hall–Kier alpha value is -1.58. The number of amides is 1. The number of hydrogen-bond acceptors (Lipinski definition) is 3. The van der Waals surface area contributed by atoms with Gasteiger partial charge in [-0.25, -0.2) is 4.98 Å². The van der Waals surface area contributed by atoms with E-state index in [1.807, 2.05) is 17.0 Å². The van der Waals surface area contributed by atoms with Crippen molar-refractivity contribution < 1.29 is 4.79 Å². The van der Waals surface area contributed by atoms with E-state index in [2.05, 4.69) is 30.7 Å². The summed E-state index contributed by atoms with van der Waals surface area (Å²) in [6.07, 6.45) is 7.83. The molecule has 0 spiro atoms. The van der Waals surface area contributed by atoms with Crippen molar-refractivity contribution in [2.75, 3.05) is 18.0 Å². The Morgan fingerprint density at radius 1 is 1.13 bits per heavy atom. The van der Waals surface area contributed by atoms with E-state index in [1.165, 1.54) is 25.7 Å². The maximum atomic E-state index is 13.0. The van der Waals surface area contributed by atoms with Crippen LogP contribution in [-0.2, 0) is 0 Å². The zero-order chi connectivity index (χ0) is 16.4. The van der Waals surface area contributed by atoms with Gasteiger partial charge >= 0.3 is 0 Å². The third-order valence-corrected chi connectivity index (χ3v) is 5.47. The molecule has 0 saturated carbocycles. The molecule has 23 heavy (non-hydrogen) atoms. The van der Waals surface area contributed by atoms with Crippen LogP contribution in [0, 0.1) is 5.92 Å². The van der Waals surface area contributed by atoms with Crippen LogP contribution in [0.2, 0.25) is 0 Å². The summed E-state index contributed by atoms with van der Waals surface area (Å²) in [6.45, 7) is 8.57. The number of piperidine rings is 2. The third kappa shape index (κ3) is 3.51. The number of aromatic nitrogens is 1. The molecule has 3 heterocycles. The van der Waals surface area contributed by atoms with E-state index in [0.29, 0.717) is 18.0 Å². The summed E-state index contributed by atoms with van der Waals surface area (Å²) < 4.78 is 0. The van der Waals surface area contributed by atoms with Gasteiger partial charge in [-0.2, -0.15) is 0 Å². The number of likely N-dealkylation sites (tertiary alicyclic amines) is 1. The van der Waals surface area contributed by atoms with Gasteiger partial charge in [0.2, 0.25) is 0 Å². The Kier molecular flexibility index (Phi) is 4.88. The first-order valence-corrected chi connectivity index (χ1v) is 9.10. The normalized spacial score (nSPS) is 28.7. The van der Waals surface area contributed by atoms with Gasteiger partial charge in [0.1, 0.15) is 5.82 Å². The van der Waals surface area contributed by atoms with E-state index >= 15 is 0 Å². The lowest BCUT2D eigenvalue weighted by Crippen LogP contribution is -2.45. The molecule has 1 aromatic rings. The lowest BCUT2D eigenvalue weighted by Gasteiger charge is -2.37. The highest BCUT2D eigenvalue weighted by atomic mass is 16.2. The van der Waals surface area contributed by atoms with Gasteiger partial charge in [-0.15, -0.1) is 0 Å². The van der Waals surface area contributed by atoms with Crippen molar-refractivity contribution >= 4 is 11.7 Å². The molecule has 2 aliphatic heterocycles. The average molecular weight is 315 g/mol. The minimum atomic E-state index is 0.164. The molecule has 3 atom stereocenters. The van der Waals surface area contributed by atoms with Crippen LogP contribution in [0.5, 0.6) is 0 Å². The topological polar surface area (TPSA) is 36.4 Å². The fraction of sp³-hybridized carbons (Fsp3) is 0.684. The molecule has 0 N–H and O–H groups in total. The molecular weight excluding hydrogens is 286 g/mol. The summed E-state index contributed by atoms with van der Waals surface area (Å²) in [6, 6.07) is 4.71. The molecule has 0 aliphatic carbocycles. The zero-order valence-corrected chi connectivity index (χ0v) is 14.7. The number of hydrogen-bond donors (Lipinski definition) is 0. The first-order chi connectivity index (χ1) is 11.1. The summed E-state index contributed by atoms with van der Waals surface area (Å²) >= 11 is 0. The van der Waals surface area contributed by atoms with Gasteiger partial charge in [0, 0.05) is 36.9 Å². The van der Waals surface area contributed by atoms with Crippen LogP contribution in [0.3, 0.4) is 0 Å². The minimum Gasteiger partial charge on any atom is -0.354 e. The summed E-state index contributed by atoms with van der Waals surface area (Å²) in [4.78, 5) is 21.9. The highest BCUT2D eigenvalue weighted by Crippen LogP contribution is 2.26. The van der Waals surface area contributed by atoms with Crippen LogP contribution < -0.4 is 4.90 Å². The van der Waals surface area contributed by atoms with Gasteiger partial charge in [0.25, 0.3) is 5.91 Å². The third-order valence-electron chi connectivity index (χ3n) is 5.47. The summed E-state index contributed by atoms with van der Waals surface area (Å²) in [7, 11) is 0. The Morgan fingerprint density at radius 3 is 2.74 bits per heavy atom. The highest BCUT2D eigenvalue weighted by Gasteiger charge is 2.28. The van der Waals surface area contributed by atoms with Crippen molar-refractivity contribution in [3.63, 3.8) is 0 Å². The van der Waals surface area contributed by atoms with Crippen LogP contribution in [0.1, 0.15) is 63.2 Å². The number of rotatable bonds is 2. The monoisotopic (exact) mass is 315 g/mol. The van der Waals surface area contributed by atoms with Crippen molar-refractivity contribution in [2.45, 2.75) is 65.0 Å².